The average molecular weight is 333 g/mol. The summed E-state index contributed by atoms with van der Waals surface area (Å²) in [5, 5.41) is 16.0. The van der Waals surface area contributed by atoms with E-state index in [0.717, 1.165) is 24.3 Å². The van der Waals surface area contributed by atoms with Crippen LogP contribution < -0.4 is 5.32 Å². The zero-order valence-electron chi connectivity index (χ0n) is 12.0. The Hall–Kier alpha value is -3.23. The molecule has 0 aliphatic carbocycles. The Bertz CT molecular complexity index is 827. The maximum Gasteiger partial charge on any atom is 0.416 e. The van der Waals surface area contributed by atoms with Gasteiger partial charge in [0.15, 0.2) is 0 Å². The number of benzene rings is 2. The fourth-order valence-corrected chi connectivity index (χ4v) is 2.00. The number of aromatic nitrogens is 4. The van der Waals surface area contributed by atoms with Crippen molar-refractivity contribution in [2.45, 2.75) is 6.18 Å². The van der Waals surface area contributed by atoms with Crippen molar-refractivity contribution in [3.05, 3.63) is 59.7 Å². The molecule has 0 radical (unpaired) electrons. The second kappa shape index (κ2) is 6.11. The van der Waals surface area contributed by atoms with Crippen LogP contribution in [0.2, 0.25) is 0 Å². The molecule has 24 heavy (non-hydrogen) atoms. The Morgan fingerprint density at radius 1 is 1.00 bits per heavy atom. The second-order valence-corrected chi connectivity index (χ2v) is 4.84. The molecule has 0 atom stereocenters. The van der Waals surface area contributed by atoms with Crippen molar-refractivity contribution in [2.75, 3.05) is 5.32 Å². The first-order chi connectivity index (χ1) is 11.4. The van der Waals surface area contributed by atoms with Crippen LogP contribution in [0.3, 0.4) is 0 Å². The average Bonchev–Trinajstić information content (AvgIpc) is 3.09. The Kier molecular flexibility index (Phi) is 3.98. The number of nitrogens with zero attached hydrogens (tertiary/aromatic N) is 3. The SMILES string of the molecule is O=C(Nc1ccc(-c2nn[nH]n2)cc1)c1ccc(C(F)(F)F)cc1. The Morgan fingerprint density at radius 2 is 1.67 bits per heavy atom. The molecule has 0 saturated carbocycles. The lowest BCUT2D eigenvalue weighted by Gasteiger charge is -2.08. The number of tetrazole rings is 1. The van der Waals surface area contributed by atoms with E-state index in [0.29, 0.717) is 17.1 Å². The van der Waals surface area contributed by atoms with Crippen molar-refractivity contribution in [3.8, 4) is 11.4 Å². The number of halogens is 3. The maximum absolute atomic E-state index is 12.5. The lowest BCUT2D eigenvalue weighted by molar-refractivity contribution is -0.137. The highest BCUT2D eigenvalue weighted by molar-refractivity contribution is 6.04. The van der Waals surface area contributed by atoms with Gasteiger partial charge in [-0.15, -0.1) is 10.2 Å². The molecule has 0 fully saturated rings. The summed E-state index contributed by atoms with van der Waals surface area (Å²) in [4.78, 5) is 12.1. The summed E-state index contributed by atoms with van der Waals surface area (Å²) in [5.74, 6) is -0.0911. The number of hydrogen-bond acceptors (Lipinski definition) is 4. The van der Waals surface area contributed by atoms with Crippen LogP contribution in [0.15, 0.2) is 48.5 Å². The molecule has 0 bridgehead atoms. The third-order valence-electron chi connectivity index (χ3n) is 3.22. The van der Waals surface area contributed by atoms with Crippen molar-refractivity contribution < 1.29 is 18.0 Å². The van der Waals surface area contributed by atoms with Gasteiger partial charge in [-0.05, 0) is 53.7 Å². The van der Waals surface area contributed by atoms with Crippen LogP contribution in [0.25, 0.3) is 11.4 Å². The maximum atomic E-state index is 12.5. The second-order valence-electron chi connectivity index (χ2n) is 4.84. The van der Waals surface area contributed by atoms with Gasteiger partial charge in [-0.1, -0.05) is 0 Å². The number of H-pyrrole nitrogens is 1. The van der Waals surface area contributed by atoms with Gasteiger partial charge in [0, 0.05) is 16.8 Å². The third kappa shape index (κ3) is 3.40. The molecular formula is C15H10F3N5O. The van der Waals surface area contributed by atoms with E-state index in [1.54, 1.807) is 24.3 Å². The first-order valence-corrected chi connectivity index (χ1v) is 6.76. The first-order valence-electron chi connectivity index (χ1n) is 6.76. The molecule has 1 heterocycles. The lowest BCUT2D eigenvalue weighted by atomic mass is 10.1. The molecule has 2 N–H and O–H groups in total. The molecule has 0 aliphatic rings. The van der Waals surface area contributed by atoms with Gasteiger partial charge >= 0.3 is 6.18 Å². The van der Waals surface area contributed by atoms with Crippen LogP contribution in [0.5, 0.6) is 0 Å². The van der Waals surface area contributed by atoms with Crippen molar-refractivity contribution in [1.82, 2.24) is 20.6 Å². The van der Waals surface area contributed by atoms with E-state index in [4.69, 9.17) is 0 Å². The monoisotopic (exact) mass is 333 g/mol. The zero-order chi connectivity index (χ0) is 17.2. The number of nitrogens with one attached hydrogen (secondary N) is 2. The molecule has 3 aromatic rings. The molecule has 3 rings (SSSR count). The van der Waals surface area contributed by atoms with Gasteiger partial charge in [-0.25, -0.2) is 0 Å². The van der Waals surface area contributed by atoms with Crippen molar-refractivity contribution in [2.24, 2.45) is 0 Å². The summed E-state index contributed by atoms with van der Waals surface area (Å²) in [6, 6.07) is 10.6. The summed E-state index contributed by atoms with van der Waals surface area (Å²) < 4.78 is 37.5. The molecule has 0 unspecified atom stereocenters. The summed E-state index contributed by atoms with van der Waals surface area (Å²) >= 11 is 0. The number of alkyl halides is 3. The number of anilines is 1. The highest BCUT2D eigenvalue weighted by atomic mass is 19.4. The normalized spacial score (nSPS) is 11.3. The van der Waals surface area contributed by atoms with E-state index in [1.807, 2.05) is 0 Å². The van der Waals surface area contributed by atoms with Crippen LogP contribution in [0.1, 0.15) is 15.9 Å². The summed E-state index contributed by atoms with van der Waals surface area (Å²) in [7, 11) is 0. The van der Waals surface area contributed by atoms with E-state index in [-0.39, 0.29) is 5.56 Å². The van der Waals surface area contributed by atoms with Crippen LogP contribution in [0.4, 0.5) is 18.9 Å². The number of amides is 1. The summed E-state index contributed by atoms with van der Waals surface area (Å²) in [5.41, 5.74) is 0.525. The van der Waals surface area contributed by atoms with E-state index in [2.05, 4.69) is 25.9 Å². The minimum atomic E-state index is -4.43. The van der Waals surface area contributed by atoms with Crippen molar-refractivity contribution in [3.63, 3.8) is 0 Å². The lowest BCUT2D eigenvalue weighted by Crippen LogP contribution is -2.12. The number of rotatable bonds is 3. The number of hydrogen-bond donors (Lipinski definition) is 2. The van der Waals surface area contributed by atoms with Crippen LogP contribution in [-0.4, -0.2) is 26.5 Å². The first kappa shape index (κ1) is 15.7. The fraction of sp³-hybridized carbons (Fsp3) is 0.0667. The summed E-state index contributed by atoms with van der Waals surface area (Å²) in [6.07, 6.45) is -4.43. The largest absolute Gasteiger partial charge is 0.416 e. The van der Waals surface area contributed by atoms with E-state index in [1.165, 1.54) is 0 Å². The molecule has 0 saturated heterocycles. The van der Waals surface area contributed by atoms with E-state index < -0.39 is 17.6 Å². The molecule has 2 aromatic carbocycles. The van der Waals surface area contributed by atoms with E-state index >= 15 is 0 Å². The molecule has 1 amide bonds. The topological polar surface area (TPSA) is 83.6 Å². The van der Waals surface area contributed by atoms with Crippen LogP contribution >= 0.6 is 0 Å². The van der Waals surface area contributed by atoms with Gasteiger partial charge in [0.25, 0.3) is 5.91 Å². The van der Waals surface area contributed by atoms with Gasteiger partial charge < -0.3 is 5.32 Å². The van der Waals surface area contributed by atoms with E-state index in [9.17, 15) is 18.0 Å². The Morgan fingerprint density at radius 3 is 2.21 bits per heavy atom. The molecular weight excluding hydrogens is 323 g/mol. The number of carbonyl (C=O) groups is 1. The quantitative estimate of drug-likeness (QED) is 0.771. The van der Waals surface area contributed by atoms with Gasteiger partial charge in [-0.3, -0.25) is 4.79 Å². The molecule has 9 heteroatoms. The predicted octanol–water partition coefficient (Wildman–Crippen LogP) is 3.14. The minimum Gasteiger partial charge on any atom is -0.322 e. The van der Waals surface area contributed by atoms with Gasteiger partial charge in [0.2, 0.25) is 5.82 Å². The zero-order valence-corrected chi connectivity index (χ0v) is 12.0. The van der Waals surface area contributed by atoms with Crippen LogP contribution in [0, 0.1) is 0 Å². The van der Waals surface area contributed by atoms with Gasteiger partial charge in [0.1, 0.15) is 0 Å². The van der Waals surface area contributed by atoms with Gasteiger partial charge in [0.05, 0.1) is 5.56 Å². The highest BCUT2D eigenvalue weighted by Gasteiger charge is 2.30. The number of aromatic amines is 1. The van der Waals surface area contributed by atoms with Crippen molar-refractivity contribution in [1.29, 1.82) is 0 Å². The standard InChI is InChI=1S/C15H10F3N5O/c16-15(17,18)11-5-1-10(2-6-11)14(24)19-12-7-3-9(4-8-12)13-20-22-23-21-13/h1-8H,(H,19,24)(H,20,21,22,23). The minimum absolute atomic E-state index is 0.130. The van der Waals surface area contributed by atoms with Gasteiger partial charge in [-0.2, -0.15) is 18.4 Å². The smallest absolute Gasteiger partial charge is 0.322 e. The Balaban J connectivity index is 1.70. The third-order valence-corrected chi connectivity index (χ3v) is 3.22. The fourth-order valence-electron chi connectivity index (χ4n) is 2.00. The molecule has 0 spiro atoms. The Labute approximate surface area is 133 Å². The number of carbonyl (C=O) groups excluding carboxylic acids is 1. The molecule has 6 nitrogen and oxygen atoms in total. The highest BCUT2D eigenvalue weighted by Crippen LogP contribution is 2.29. The molecule has 1 aromatic heterocycles. The molecule has 0 aliphatic heterocycles. The van der Waals surface area contributed by atoms with Crippen LogP contribution in [-0.2, 0) is 6.18 Å². The summed E-state index contributed by atoms with van der Waals surface area (Å²) in [6.45, 7) is 0. The predicted molar refractivity (Wildman–Crippen MR) is 79.0 cm³/mol. The molecule has 122 valence electrons. The van der Waals surface area contributed by atoms with Crippen molar-refractivity contribution >= 4 is 11.6 Å².